The average Bonchev–Trinajstić information content (AvgIpc) is 3.24. The Hall–Kier alpha value is -2.76. The summed E-state index contributed by atoms with van der Waals surface area (Å²) >= 11 is 0. The monoisotopic (exact) mass is 311 g/mol. The molecule has 0 bridgehead atoms. The molecule has 3 aromatic heterocycles. The van der Waals surface area contributed by atoms with Crippen molar-refractivity contribution in [1.29, 1.82) is 0 Å². The van der Waals surface area contributed by atoms with Crippen LogP contribution in [0, 0.1) is 5.92 Å². The topological polar surface area (TPSA) is 83.3 Å². The summed E-state index contributed by atoms with van der Waals surface area (Å²) in [5.74, 6) is 1.16. The van der Waals surface area contributed by atoms with E-state index in [1.54, 1.807) is 25.5 Å². The van der Waals surface area contributed by atoms with Gasteiger partial charge in [-0.1, -0.05) is 0 Å². The number of rotatable bonds is 4. The lowest BCUT2D eigenvalue weighted by atomic mass is 10.0. The molecule has 4 rings (SSSR count). The number of nitrogens with two attached hydrogens (primary N) is 1. The lowest BCUT2D eigenvalue weighted by Gasteiger charge is -2.12. The van der Waals surface area contributed by atoms with Gasteiger partial charge in [0.1, 0.15) is 0 Å². The molecule has 0 radical (unpaired) electrons. The standard InChI is InChI=1S/C17H17N3O3/c1-20-8-14(12-4-5-22-15(12)17(20)21)13-6-11(18)7-19-16(13)23-9-10-2-3-10/h4-8,10H,2-3,9,18H2,1H3. The van der Waals surface area contributed by atoms with Crippen LogP contribution < -0.4 is 16.0 Å². The molecule has 118 valence electrons. The van der Waals surface area contributed by atoms with Gasteiger partial charge in [0.15, 0.2) is 5.58 Å². The largest absolute Gasteiger partial charge is 0.477 e. The van der Waals surface area contributed by atoms with Crippen molar-refractivity contribution >= 4 is 16.7 Å². The first kappa shape index (κ1) is 13.9. The minimum absolute atomic E-state index is 0.175. The van der Waals surface area contributed by atoms with E-state index in [4.69, 9.17) is 14.9 Å². The maximum atomic E-state index is 12.1. The zero-order valence-electron chi connectivity index (χ0n) is 12.8. The first-order chi connectivity index (χ1) is 11.1. The summed E-state index contributed by atoms with van der Waals surface area (Å²) in [5.41, 5.74) is 8.19. The number of nitrogens with zero attached hydrogens (tertiary/aromatic N) is 2. The van der Waals surface area contributed by atoms with Gasteiger partial charge in [-0.2, -0.15) is 0 Å². The Labute approximate surface area is 132 Å². The van der Waals surface area contributed by atoms with E-state index in [-0.39, 0.29) is 5.56 Å². The highest BCUT2D eigenvalue weighted by Gasteiger charge is 2.23. The van der Waals surface area contributed by atoms with E-state index in [2.05, 4.69) is 4.98 Å². The van der Waals surface area contributed by atoms with Crippen molar-refractivity contribution < 1.29 is 9.15 Å². The Morgan fingerprint density at radius 2 is 2.26 bits per heavy atom. The molecule has 1 saturated carbocycles. The van der Waals surface area contributed by atoms with Crippen LogP contribution in [0.15, 0.2) is 40.0 Å². The maximum absolute atomic E-state index is 12.1. The minimum Gasteiger partial charge on any atom is -0.477 e. The number of ether oxygens (including phenoxy) is 1. The molecule has 3 aromatic rings. The first-order valence-electron chi connectivity index (χ1n) is 7.59. The molecule has 1 fully saturated rings. The third-order valence-electron chi connectivity index (χ3n) is 4.11. The van der Waals surface area contributed by atoms with E-state index in [0.29, 0.717) is 29.7 Å². The van der Waals surface area contributed by atoms with Gasteiger partial charge >= 0.3 is 0 Å². The van der Waals surface area contributed by atoms with Gasteiger partial charge in [0.05, 0.1) is 24.8 Å². The van der Waals surface area contributed by atoms with Crippen molar-refractivity contribution in [2.45, 2.75) is 12.8 Å². The summed E-state index contributed by atoms with van der Waals surface area (Å²) in [6.45, 7) is 0.657. The summed E-state index contributed by atoms with van der Waals surface area (Å²) < 4.78 is 12.7. The normalized spacial score (nSPS) is 14.3. The summed E-state index contributed by atoms with van der Waals surface area (Å²) in [6.07, 6.45) is 7.27. The Kier molecular flexibility index (Phi) is 3.11. The van der Waals surface area contributed by atoms with Gasteiger partial charge in [-0.25, -0.2) is 4.98 Å². The molecule has 0 atom stereocenters. The van der Waals surface area contributed by atoms with Crippen LogP contribution in [0.25, 0.3) is 22.1 Å². The Bertz CT molecular complexity index is 938. The van der Waals surface area contributed by atoms with E-state index in [9.17, 15) is 4.79 Å². The van der Waals surface area contributed by atoms with Crippen LogP contribution >= 0.6 is 0 Å². The molecule has 6 nitrogen and oxygen atoms in total. The van der Waals surface area contributed by atoms with E-state index in [0.717, 1.165) is 16.5 Å². The van der Waals surface area contributed by atoms with Crippen LogP contribution in [0.4, 0.5) is 5.69 Å². The second-order valence-corrected chi connectivity index (χ2v) is 6.00. The number of hydrogen-bond acceptors (Lipinski definition) is 5. The molecule has 0 unspecified atom stereocenters. The second kappa shape index (κ2) is 5.15. The lowest BCUT2D eigenvalue weighted by molar-refractivity contribution is 0.290. The highest BCUT2D eigenvalue weighted by Crippen LogP contribution is 2.36. The van der Waals surface area contributed by atoms with E-state index in [1.807, 2.05) is 6.07 Å². The van der Waals surface area contributed by atoms with Gasteiger partial charge in [0.2, 0.25) is 5.88 Å². The molecular formula is C17H17N3O3. The number of pyridine rings is 2. The number of aryl methyl sites for hydroxylation is 1. The van der Waals surface area contributed by atoms with Crippen molar-refractivity contribution in [3.63, 3.8) is 0 Å². The molecular weight excluding hydrogens is 294 g/mol. The molecule has 0 aromatic carbocycles. The smallest absolute Gasteiger partial charge is 0.293 e. The number of aromatic nitrogens is 2. The van der Waals surface area contributed by atoms with Gasteiger partial charge in [-0.05, 0) is 30.9 Å². The Morgan fingerprint density at radius 1 is 1.43 bits per heavy atom. The molecule has 6 heteroatoms. The van der Waals surface area contributed by atoms with E-state index < -0.39 is 0 Å². The van der Waals surface area contributed by atoms with Crippen molar-refractivity contribution in [3.8, 4) is 17.0 Å². The molecule has 0 amide bonds. The zero-order chi connectivity index (χ0) is 16.0. The summed E-state index contributed by atoms with van der Waals surface area (Å²) in [7, 11) is 1.69. The number of nitrogen functional groups attached to an aromatic ring is 1. The Morgan fingerprint density at radius 3 is 3.04 bits per heavy atom. The maximum Gasteiger partial charge on any atom is 0.293 e. The molecule has 1 aliphatic rings. The van der Waals surface area contributed by atoms with Crippen molar-refractivity contribution in [3.05, 3.63) is 41.1 Å². The van der Waals surface area contributed by atoms with Crippen LogP contribution in [-0.4, -0.2) is 16.2 Å². The fourth-order valence-corrected chi connectivity index (χ4v) is 2.64. The van der Waals surface area contributed by atoms with Crippen molar-refractivity contribution in [1.82, 2.24) is 9.55 Å². The van der Waals surface area contributed by atoms with Gasteiger partial charge in [0, 0.05) is 29.8 Å². The molecule has 0 saturated heterocycles. The fourth-order valence-electron chi connectivity index (χ4n) is 2.64. The number of fused-ring (bicyclic) bond motifs is 1. The molecule has 23 heavy (non-hydrogen) atoms. The van der Waals surface area contributed by atoms with E-state index >= 15 is 0 Å². The highest BCUT2D eigenvalue weighted by atomic mass is 16.5. The quantitative estimate of drug-likeness (QED) is 0.800. The van der Waals surface area contributed by atoms with Crippen molar-refractivity contribution in [2.75, 3.05) is 12.3 Å². The van der Waals surface area contributed by atoms with Gasteiger partial charge in [-0.3, -0.25) is 4.79 Å². The molecule has 2 N–H and O–H groups in total. The predicted octanol–water partition coefficient (Wildman–Crippen LogP) is 2.56. The number of hydrogen-bond donors (Lipinski definition) is 1. The fraction of sp³-hybridized carbons (Fsp3) is 0.294. The van der Waals surface area contributed by atoms with Gasteiger partial charge in [-0.15, -0.1) is 0 Å². The zero-order valence-corrected chi connectivity index (χ0v) is 12.8. The number of furan rings is 1. The molecule has 1 aliphatic carbocycles. The summed E-state index contributed by atoms with van der Waals surface area (Å²) in [4.78, 5) is 16.5. The van der Waals surface area contributed by atoms with Crippen LogP contribution in [0.1, 0.15) is 12.8 Å². The van der Waals surface area contributed by atoms with Crippen molar-refractivity contribution in [2.24, 2.45) is 13.0 Å². The van der Waals surface area contributed by atoms with Gasteiger partial charge < -0.3 is 19.5 Å². The van der Waals surface area contributed by atoms with E-state index in [1.165, 1.54) is 23.7 Å². The predicted molar refractivity (Wildman–Crippen MR) is 87.3 cm³/mol. The minimum atomic E-state index is -0.175. The second-order valence-electron chi connectivity index (χ2n) is 6.00. The molecule has 0 aliphatic heterocycles. The first-order valence-corrected chi connectivity index (χ1v) is 7.59. The van der Waals surface area contributed by atoms with Crippen LogP contribution in [0.5, 0.6) is 5.88 Å². The SMILES string of the molecule is Cn1cc(-c2cc(N)cnc2OCC2CC2)c2ccoc2c1=O. The summed E-state index contributed by atoms with van der Waals surface area (Å²) in [6, 6.07) is 3.60. The Balaban J connectivity index is 1.89. The van der Waals surface area contributed by atoms with Crippen LogP contribution in [0.3, 0.4) is 0 Å². The third-order valence-corrected chi connectivity index (χ3v) is 4.11. The summed E-state index contributed by atoms with van der Waals surface area (Å²) in [5, 5.41) is 0.733. The molecule has 0 spiro atoms. The van der Waals surface area contributed by atoms with Crippen LogP contribution in [-0.2, 0) is 7.05 Å². The highest BCUT2D eigenvalue weighted by molar-refractivity contribution is 5.94. The number of anilines is 1. The average molecular weight is 311 g/mol. The lowest BCUT2D eigenvalue weighted by Crippen LogP contribution is -2.16. The van der Waals surface area contributed by atoms with Gasteiger partial charge in [0.25, 0.3) is 5.56 Å². The molecule has 3 heterocycles. The third kappa shape index (κ3) is 2.46. The van der Waals surface area contributed by atoms with Crippen LogP contribution in [0.2, 0.25) is 0 Å².